The van der Waals surface area contributed by atoms with E-state index in [0.29, 0.717) is 31.0 Å². The molecule has 0 heterocycles. The average Bonchev–Trinajstić information content (AvgIpc) is 2.50. The van der Waals surface area contributed by atoms with Gasteiger partial charge in [-0.05, 0) is 37.6 Å². The third kappa shape index (κ3) is 6.73. The number of ether oxygens (including phenoxy) is 1. The fourth-order valence-electron chi connectivity index (χ4n) is 2.02. The molecule has 128 valence electrons. The van der Waals surface area contributed by atoms with E-state index >= 15 is 0 Å². The van der Waals surface area contributed by atoms with Crippen LogP contribution in [0.15, 0.2) is 36.9 Å². The Balaban J connectivity index is 2.70. The summed E-state index contributed by atoms with van der Waals surface area (Å²) >= 11 is 0. The smallest absolute Gasteiger partial charge is 0.232 e. The Morgan fingerprint density at radius 2 is 2.00 bits per heavy atom. The molecule has 0 radical (unpaired) electrons. The van der Waals surface area contributed by atoms with Crippen LogP contribution in [0.25, 0.3) is 0 Å². The van der Waals surface area contributed by atoms with Crippen LogP contribution < -0.4 is 14.4 Å². The normalized spacial score (nSPS) is 10.9. The molecule has 1 N–H and O–H groups in total. The molecule has 0 spiro atoms. The second-order valence-electron chi connectivity index (χ2n) is 4.96. The quantitative estimate of drug-likeness (QED) is 0.661. The lowest BCUT2D eigenvalue weighted by Crippen LogP contribution is -2.32. The Morgan fingerprint density at radius 1 is 1.35 bits per heavy atom. The maximum absolute atomic E-state index is 12.0. The minimum Gasteiger partial charge on any atom is -0.494 e. The second kappa shape index (κ2) is 9.19. The molecular formula is C16H24N2O4S. The van der Waals surface area contributed by atoms with Crippen LogP contribution in [0.1, 0.15) is 19.8 Å². The van der Waals surface area contributed by atoms with E-state index in [1.807, 2.05) is 6.92 Å². The number of hydrogen-bond donors (Lipinski definition) is 1. The van der Waals surface area contributed by atoms with Crippen LogP contribution in [0, 0.1) is 0 Å². The van der Waals surface area contributed by atoms with Gasteiger partial charge in [0.15, 0.2) is 0 Å². The topological polar surface area (TPSA) is 75.7 Å². The van der Waals surface area contributed by atoms with Crippen molar-refractivity contribution < 1.29 is 17.9 Å². The first kappa shape index (κ1) is 19.0. The van der Waals surface area contributed by atoms with Crippen LogP contribution in [0.5, 0.6) is 5.75 Å². The van der Waals surface area contributed by atoms with Gasteiger partial charge >= 0.3 is 0 Å². The summed E-state index contributed by atoms with van der Waals surface area (Å²) in [5, 5.41) is 2.66. The van der Waals surface area contributed by atoms with Crippen LogP contribution in [0.2, 0.25) is 0 Å². The zero-order chi connectivity index (χ0) is 17.3. The highest BCUT2D eigenvalue weighted by Gasteiger charge is 2.17. The second-order valence-corrected chi connectivity index (χ2v) is 6.87. The van der Waals surface area contributed by atoms with Gasteiger partial charge in [0, 0.05) is 19.5 Å². The number of nitrogens with one attached hydrogen (secondary N) is 1. The van der Waals surface area contributed by atoms with Crippen molar-refractivity contribution in [1.29, 1.82) is 0 Å². The van der Waals surface area contributed by atoms with Gasteiger partial charge in [-0.2, -0.15) is 0 Å². The van der Waals surface area contributed by atoms with Crippen LogP contribution in [-0.4, -0.2) is 40.3 Å². The fraction of sp³-hybridized carbons (Fsp3) is 0.438. The van der Waals surface area contributed by atoms with Gasteiger partial charge in [0.05, 0.1) is 18.6 Å². The zero-order valence-electron chi connectivity index (χ0n) is 13.6. The highest BCUT2D eigenvalue weighted by atomic mass is 32.2. The van der Waals surface area contributed by atoms with E-state index in [4.69, 9.17) is 4.74 Å². The third-order valence-corrected chi connectivity index (χ3v) is 4.24. The Morgan fingerprint density at radius 3 is 2.52 bits per heavy atom. The standard InChI is InChI=1S/C16H24N2O4S/c1-4-12-17-16(19)7-6-13-18(23(3,20)21)14-8-10-15(11-9-14)22-5-2/h4,8-11H,1,5-7,12-13H2,2-3H3,(H,17,19). The van der Waals surface area contributed by atoms with Crippen LogP contribution in [0.4, 0.5) is 5.69 Å². The van der Waals surface area contributed by atoms with E-state index in [0.717, 1.165) is 6.26 Å². The summed E-state index contributed by atoms with van der Waals surface area (Å²) < 4.78 is 30.6. The maximum atomic E-state index is 12.0. The molecular weight excluding hydrogens is 316 g/mol. The van der Waals surface area contributed by atoms with Crippen molar-refractivity contribution in [2.45, 2.75) is 19.8 Å². The lowest BCUT2D eigenvalue weighted by molar-refractivity contribution is -0.120. The first-order valence-electron chi connectivity index (χ1n) is 7.46. The van der Waals surface area contributed by atoms with Crippen molar-refractivity contribution >= 4 is 21.6 Å². The number of carbonyl (C=O) groups is 1. The molecule has 6 nitrogen and oxygen atoms in total. The molecule has 1 aromatic carbocycles. The fourth-order valence-corrected chi connectivity index (χ4v) is 2.98. The molecule has 0 atom stereocenters. The first-order chi connectivity index (χ1) is 10.9. The SMILES string of the molecule is C=CCNC(=O)CCCN(c1ccc(OCC)cc1)S(C)(=O)=O. The number of amides is 1. The van der Waals surface area contributed by atoms with Crippen molar-refractivity contribution in [2.75, 3.05) is 30.3 Å². The maximum Gasteiger partial charge on any atom is 0.232 e. The monoisotopic (exact) mass is 340 g/mol. The van der Waals surface area contributed by atoms with Gasteiger partial charge < -0.3 is 10.1 Å². The predicted molar refractivity (Wildman–Crippen MR) is 92.2 cm³/mol. The summed E-state index contributed by atoms with van der Waals surface area (Å²) in [4.78, 5) is 11.5. The molecule has 0 aromatic heterocycles. The summed E-state index contributed by atoms with van der Waals surface area (Å²) in [7, 11) is -3.41. The van der Waals surface area contributed by atoms with Crippen molar-refractivity contribution in [3.05, 3.63) is 36.9 Å². The molecule has 0 aliphatic rings. The Hall–Kier alpha value is -2.02. The van der Waals surface area contributed by atoms with E-state index in [1.54, 1.807) is 30.3 Å². The van der Waals surface area contributed by atoms with E-state index in [-0.39, 0.29) is 18.9 Å². The summed E-state index contributed by atoms with van der Waals surface area (Å²) in [5.41, 5.74) is 0.558. The average molecular weight is 340 g/mol. The number of benzene rings is 1. The van der Waals surface area contributed by atoms with E-state index in [1.165, 1.54) is 4.31 Å². The number of rotatable bonds is 10. The molecule has 0 fully saturated rings. The molecule has 1 aromatic rings. The van der Waals surface area contributed by atoms with Gasteiger partial charge in [-0.1, -0.05) is 6.08 Å². The number of hydrogen-bond acceptors (Lipinski definition) is 4. The molecule has 0 aliphatic carbocycles. The van der Waals surface area contributed by atoms with Gasteiger partial charge in [0.25, 0.3) is 0 Å². The molecule has 23 heavy (non-hydrogen) atoms. The molecule has 0 unspecified atom stereocenters. The van der Waals surface area contributed by atoms with Gasteiger partial charge in [0.2, 0.25) is 15.9 Å². The highest BCUT2D eigenvalue weighted by Crippen LogP contribution is 2.22. The molecule has 1 amide bonds. The van der Waals surface area contributed by atoms with Crippen LogP contribution in [-0.2, 0) is 14.8 Å². The summed E-state index contributed by atoms with van der Waals surface area (Å²) in [6, 6.07) is 6.86. The number of anilines is 1. The molecule has 0 aliphatic heterocycles. The Bertz CT molecular complexity index is 611. The van der Waals surface area contributed by atoms with Crippen LogP contribution in [0.3, 0.4) is 0 Å². The minimum absolute atomic E-state index is 0.120. The summed E-state index contributed by atoms with van der Waals surface area (Å²) in [6.45, 7) is 6.61. The molecule has 0 saturated carbocycles. The summed E-state index contributed by atoms with van der Waals surface area (Å²) in [6.07, 6.45) is 3.45. The zero-order valence-corrected chi connectivity index (χ0v) is 14.4. The predicted octanol–water partition coefficient (Wildman–Crippen LogP) is 1.93. The van der Waals surface area contributed by atoms with E-state index in [9.17, 15) is 13.2 Å². The Kier molecular flexibility index (Phi) is 7.61. The Labute approximate surface area is 138 Å². The minimum atomic E-state index is -3.41. The highest BCUT2D eigenvalue weighted by molar-refractivity contribution is 7.92. The number of nitrogens with zero attached hydrogens (tertiary/aromatic N) is 1. The van der Waals surface area contributed by atoms with Crippen molar-refractivity contribution in [3.63, 3.8) is 0 Å². The van der Waals surface area contributed by atoms with Crippen molar-refractivity contribution in [2.24, 2.45) is 0 Å². The van der Waals surface area contributed by atoms with Gasteiger partial charge in [-0.25, -0.2) is 8.42 Å². The number of carbonyl (C=O) groups excluding carboxylic acids is 1. The molecule has 0 bridgehead atoms. The van der Waals surface area contributed by atoms with E-state index < -0.39 is 10.0 Å². The first-order valence-corrected chi connectivity index (χ1v) is 9.31. The summed E-state index contributed by atoms with van der Waals surface area (Å²) in [5.74, 6) is 0.568. The molecule has 1 rings (SSSR count). The van der Waals surface area contributed by atoms with Crippen molar-refractivity contribution in [3.8, 4) is 5.75 Å². The lowest BCUT2D eigenvalue weighted by Gasteiger charge is -2.22. The van der Waals surface area contributed by atoms with Gasteiger partial charge in [-0.15, -0.1) is 6.58 Å². The third-order valence-electron chi connectivity index (χ3n) is 3.04. The van der Waals surface area contributed by atoms with Gasteiger partial charge in [-0.3, -0.25) is 9.10 Å². The molecule has 0 saturated heterocycles. The lowest BCUT2D eigenvalue weighted by atomic mass is 10.2. The number of sulfonamides is 1. The van der Waals surface area contributed by atoms with Crippen LogP contribution >= 0.6 is 0 Å². The van der Waals surface area contributed by atoms with Gasteiger partial charge in [0.1, 0.15) is 5.75 Å². The van der Waals surface area contributed by atoms with E-state index in [2.05, 4.69) is 11.9 Å². The largest absolute Gasteiger partial charge is 0.494 e. The van der Waals surface area contributed by atoms with Crippen molar-refractivity contribution in [1.82, 2.24) is 5.32 Å². The molecule has 7 heteroatoms.